The molecule has 0 radical (unpaired) electrons. The third-order valence-electron chi connectivity index (χ3n) is 4.37. The van der Waals surface area contributed by atoms with Crippen molar-refractivity contribution in [1.82, 2.24) is 5.32 Å². The van der Waals surface area contributed by atoms with Gasteiger partial charge in [-0.15, -0.1) is 0 Å². The number of sulfone groups is 1. The van der Waals surface area contributed by atoms with E-state index in [1.165, 1.54) is 0 Å². The van der Waals surface area contributed by atoms with Crippen LogP contribution in [0.25, 0.3) is 0 Å². The molecule has 0 aliphatic heterocycles. The molecule has 0 spiro atoms. The second-order valence-electron chi connectivity index (χ2n) is 8.30. The number of alkyl carbamates (subject to hydrolysis) is 1. The normalized spacial score (nSPS) is 12.4. The van der Waals surface area contributed by atoms with Crippen LogP contribution in [-0.4, -0.2) is 54.5 Å². The van der Waals surface area contributed by atoms with Crippen molar-refractivity contribution in [3.8, 4) is 5.75 Å². The summed E-state index contributed by atoms with van der Waals surface area (Å²) in [6, 6.07) is 9.74. The molecule has 1 amide bonds. The molecule has 2 rings (SSSR count). The topological polar surface area (TPSA) is 162 Å². The summed E-state index contributed by atoms with van der Waals surface area (Å²) in [5.74, 6) is -1.25. The summed E-state index contributed by atoms with van der Waals surface area (Å²) in [4.78, 5) is 33.4. The predicted molar refractivity (Wildman–Crippen MR) is 122 cm³/mol. The van der Waals surface area contributed by atoms with Crippen molar-refractivity contribution in [3.05, 3.63) is 64.2 Å². The van der Waals surface area contributed by atoms with E-state index in [1.54, 1.807) is 24.3 Å². The van der Waals surface area contributed by atoms with E-state index in [-0.39, 0.29) is 22.6 Å². The van der Waals surface area contributed by atoms with Crippen molar-refractivity contribution in [2.45, 2.75) is 43.7 Å². The zero-order valence-corrected chi connectivity index (χ0v) is 19.7. The highest BCUT2D eigenvalue weighted by Gasteiger charge is 2.23. The Bertz CT molecular complexity index is 1120. The molecule has 12 heteroatoms. The molecule has 0 saturated carbocycles. The van der Waals surface area contributed by atoms with Gasteiger partial charge in [0.2, 0.25) is 0 Å². The number of carboxylic acid groups (broad SMARTS) is 1. The van der Waals surface area contributed by atoms with Gasteiger partial charge in [0.15, 0.2) is 9.84 Å². The van der Waals surface area contributed by atoms with E-state index >= 15 is 0 Å². The second-order valence-corrected chi connectivity index (χ2v) is 10.4. The van der Waals surface area contributed by atoms with Crippen LogP contribution in [0.5, 0.6) is 5.75 Å². The molecule has 0 saturated heterocycles. The number of hydrogen-bond acceptors (Lipinski definition) is 8. The highest BCUT2D eigenvalue weighted by atomic mass is 32.2. The predicted octanol–water partition coefficient (Wildman–Crippen LogP) is 2.97. The Balaban J connectivity index is 1.90. The zero-order valence-electron chi connectivity index (χ0n) is 18.9. The average Bonchev–Trinajstić information content (AvgIpc) is 2.73. The molecule has 0 aliphatic rings. The SMILES string of the molecule is CC(C)(C)Oc1ccc(C[C@H](NC(=O)OCCS(=O)(=O)c2ccc([N+](=O)[O-])cc2)C(=O)O)cc1. The monoisotopic (exact) mass is 494 g/mol. The Labute approximate surface area is 196 Å². The van der Waals surface area contributed by atoms with Crippen LogP contribution in [-0.2, 0) is 25.8 Å². The number of carbonyl (C=O) groups excluding carboxylic acids is 1. The summed E-state index contributed by atoms with van der Waals surface area (Å²) in [6.45, 7) is 5.16. The molecule has 1 atom stereocenters. The molecule has 2 aromatic rings. The van der Waals surface area contributed by atoms with Crippen molar-refractivity contribution in [2.24, 2.45) is 0 Å². The van der Waals surface area contributed by atoms with E-state index < -0.39 is 45.2 Å². The van der Waals surface area contributed by atoms with Gasteiger partial charge in [-0.05, 0) is 50.6 Å². The van der Waals surface area contributed by atoms with E-state index in [9.17, 15) is 33.2 Å². The number of carbonyl (C=O) groups is 2. The summed E-state index contributed by atoms with van der Waals surface area (Å²) in [6.07, 6.45) is -1.11. The highest BCUT2D eigenvalue weighted by molar-refractivity contribution is 7.91. The Hall–Kier alpha value is -3.67. The number of benzene rings is 2. The largest absolute Gasteiger partial charge is 0.488 e. The minimum atomic E-state index is -3.86. The first-order valence-corrected chi connectivity index (χ1v) is 11.8. The van der Waals surface area contributed by atoms with Gasteiger partial charge in [0, 0.05) is 18.6 Å². The summed E-state index contributed by atoms with van der Waals surface area (Å²) >= 11 is 0. The summed E-state index contributed by atoms with van der Waals surface area (Å²) < 4.78 is 35.1. The van der Waals surface area contributed by atoms with Gasteiger partial charge in [0.25, 0.3) is 5.69 Å². The minimum absolute atomic E-state index is 0.0265. The number of hydrogen-bond donors (Lipinski definition) is 2. The van der Waals surface area contributed by atoms with Crippen molar-refractivity contribution in [1.29, 1.82) is 0 Å². The Morgan fingerprint density at radius 2 is 1.68 bits per heavy atom. The van der Waals surface area contributed by atoms with Crippen LogP contribution in [0.1, 0.15) is 26.3 Å². The third kappa shape index (κ3) is 8.35. The third-order valence-corrected chi connectivity index (χ3v) is 6.06. The van der Waals surface area contributed by atoms with Gasteiger partial charge in [-0.3, -0.25) is 10.1 Å². The van der Waals surface area contributed by atoms with Gasteiger partial charge < -0.3 is 19.9 Å². The summed E-state index contributed by atoms with van der Waals surface area (Å²) in [7, 11) is -3.86. The molecule has 0 heterocycles. The molecule has 0 aliphatic carbocycles. The first-order valence-electron chi connectivity index (χ1n) is 10.2. The number of non-ortho nitro benzene ring substituents is 1. The standard InChI is InChI=1S/C22H26N2O9S/c1-22(2,3)33-17-8-4-15(5-9-17)14-19(20(25)26)23-21(27)32-12-13-34(30,31)18-10-6-16(7-11-18)24(28)29/h4-11,19H,12-14H2,1-3H3,(H,23,27)(H,25,26)/t19-/m0/s1. The van der Waals surface area contributed by atoms with E-state index in [1.807, 2.05) is 20.8 Å². The molecule has 0 fully saturated rings. The fraction of sp³-hybridized carbons (Fsp3) is 0.364. The maximum atomic E-state index is 12.3. The molecule has 2 aromatic carbocycles. The van der Waals surface area contributed by atoms with Crippen LogP contribution in [0.15, 0.2) is 53.4 Å². The lowest BCUT2D eigenvalue weighted by Gasteiger charge is -2.21. The van der Waals surface area contributed by atoms with Gasteiger partial charge in [-0.25, -0.2) is 18.0 Å². The summed E-state index contributed by atoms with van der Waals surface area (Å²) in [5, 5.41) is 22.3. The molecule has 34 heavy (non-hydrogen) atoms. The Morgan fingerprint density at radius 1 is 1.09 bits per heavy atom. The quantitative estimate of drug-likeness (QED) is 0.373. The van der Waals surface area contributed by atoms with E-state index in [0.29, 0.717) is 11.3 Å². The van der Waals surface area contributed by atoms with E-state index in [2.05, 4.69) is 5.32 Å². The fourth-order valence-electron chi connectivity index (χ4n) is 2.80. The number of aliphatic carboxylic acids is 1. The molecule has 0 aromatic heterocycles. The molecular formula is C22H26N2O9S. The van der Waals surface area contributed by atoms with Crippen LogP contribution in [0.3, 0.4) is 0 Å². The Kier molecular flexibility index (Phi) is 8.57. The number of nitrogens with zero attached hydrogens (tertiary/aromatic N) is 1. The van der Waals surface area contributed by atoms with Crippen molar-refractivity contribution in [2.75, 3.05) is 12.4 Å². The van der Waals surface area contributed by atoms with Crippen LogP contribution in [0.2, 0.25) is 0 Å². The molecule has 0 bridgehead atoms. The second kappa shape index (κ2) is 11.0. The average molecular weight is 495 g/mol. The van der Waals surface area contributed by atoms with Crippen LogP contribution in [0.4, 0.5) is 10.5 Å². The number of nitrogens with one attached hydrogen (secondary N) is 1. The van der Waals surface area contributed by atoms with Crippen molar-refractivity contribution in [3.63, 3.8) is 0 Å². The fourth-order valence-corrected chi connectivity index (χ4v) is 3.89. The van der Waals surface area contributed by atoms with Gasteiger partial charge in [-0.1, -0.05) is 12.1 Å². The van der Waals surface area contributed by atoms with Gasteiger partial charge in [0.1, 0.15) is 24.0 Å². The molecule has 2 N–H and O–H groups in total. The minimum Gasteiger partial charge on any atom is -0.488 e. The smallest absolute Gasteiger partial charge is 0.407 e. The van der Waals surface area contributed by atoms with Crippen LogP contribution < -0.4 is 10.1 Å². The van der Waals surface area contributed by atoms with Crippen LogP contribution >= 0.6 is 0 Å². The molecule has 11 nitrogen and oxygen atoms in total. The van der Waals surface area contributed by atoms with Gasteiger partial charge in [0.05, 0.1) is 15.6 Å². The van der Waals surface area contributed by atoms with Gasteiger partial charge >= 0.3 is 12.1 Å². The van der Waals surface area contributed by atoms with Crippen molar-refractivity contribution < 1.29 is 37.5 Å². The number of nitro groups is 1. The van der Waals surface area contributed by atoms with E-state index in [0.717, 1.165) is 24.3 Å². The van der Waals surface area contributed by atoms with E-state index in [4.69, 9.17) is 9.47 Å². The zero-order chi connectivity index (χ0) is 25.5. The maximum Gasteiger partial charge on any atom is 0.407 e. The Morgan fingerprint density at radius 3 is 2.18 bits per heavy atom. The molecular weight excluding hydrogens is 468 g/mol. The van der Waals surface area contributed by atoms with Crippen LogP contribution in [0, 0.1) is 10.1 Å². The number of carboxylic acids is 1. The summed E-state index contributed by atoms with van der Waals surface area (Å²) in [5.41, 5.74) is -0.0112. The van der Waals surface area contributed by atoms with Gasteiger partial charge in [-0.2, -0.15) is 0 Å². The molecule has 184 valence electrons. The maximum absolute atomic E-state index is 12.3. The number of ether oxygens (including phenoxy) is 2. The highest BCUT2D eigenvalue weighted by Crippen LogP contribution is 2.19. The number of rotatable bonds is 10. The lowest BCUT2D eigenvalue weighted by Crippen LogP contribution is -2.43. The lowest BCUT2D eigenvalue weighted by molar-refractivity contribution is -0.384. The lowest BCUT2D eigenvalue weighted by atomic mass is 10.1. The van der Waals surface area contributed by atoms with Crippen molar-refractivity contribution >= 4 is 27.6 Å². The first kappa shape index (κ1) is 26.6. The first-order chi connectivity index (χ1) is 15.8. The molecule has 0 unspecified atom stereocenters. The number of nitro benzene ring substituents is 1. The number of amides is 1.